The number of hydrogen-bond donors (Lipinski definition) is 2. The molecule has 1 saturated heterocycles. The number of aromatic nitrogens is 2. The number of furan rings is 1. The van der Waals surface area contributed by atoms with Gasteiger partial charge in [-0.3, -0.25) is 4.98 Å². The molecule has 0 atom stereocenters. The summed E-state index contributed by atoms with van der Waals surface area (Å²) < 4.78 is 6.02. The van der Waals surface area contributed by atoms with Gasteiger partial charge < -0.3 is 24.9 Å². The Labute approximate surface area is 205 Å². The Balaban J connectivity index is 1.22. The Morgan fingerprint density at radius 1 is 1.09 bits per heavy atom. The van der Waals surface area contributed by atoms with Crippen LogP contribution in [0.2, 0.25) is 0 Å². The third-order valence-corrected chi connectivity index (χ3v) is 6.75. The lowest BCUT2D eigenvalue weighted by Gasteiger charge is -2.34. The zero-order valence-corrected chi connectivity index (χ0v) is 20.5. The molecule has 5 rings (SSSR count). The van der Waals surface area contributed by atoms with Crippen molar-refractivity contribution in [2.24, 2.45) is 0 Å². The molecule has 0 unspecified atom stereocenters. The lowest BCUT2D eigenvalue weighted by atomic mass is 10.1. The Hall–Kier alpha value is -3.07. The summed E-state index contributed by atoms with van der Waals surface area (Å²) in [5.41, 5.74) is 5.91. The number of benzene rings is 2. The van der Waals surface area contributed by atoms with E-state index in [-0.39, 0.29) is 0 Å². The molecule has 7 nitrogen and oxygen atoms in total. The molecule has 3 heterocycles. The first-order valence-corrected chi connectivity index (χ1v) is 12.2. The van der Waals surface area contributed by atoms with Gasteiger partial charge in [-0.25, -0.2) is 4.98 Å². The average Bonchev–Trinajstić information content (AvgIpc) is 3.16. The van der Waals surface area contributed by atoms with Crippen LogP contribution in [0.3, 0.4) is 0 Å². The first-order chi connectivity index (χ1) is 16.6. The number of nitrogens with one attached hydrogen (secondary N) is 2. The third-order valence-electron chi connectivity index (χ3n) is 6.39. The van der Waals surface area contributed by atoms with Crippen LogP contribution in [-0.2, 0) is 13.0 Å². The van der Waals surface area contributed by atoms with Crippen molar-refractivity contribution in [3.8, 4) is 0 Å². The van der Waals surface area contributed by atoms with E-state index in [1.165, 1.54) is 5.56 Å². The van der Waals surface area contributed by atoms with Crippen LogP contribution in [0, 0.1) is 6.92 Å². The molecule has 0 bridgehead atoms. The van der Waals surface area contributed by atoms with Gasteiger partial charge in [-0.15, -0.1) is 0 Å². The highest BCUT2D eigenvalue weighted by Gasteiger charge is 2.17. The summed E-state index contributed by atoms with van der Waals surface area (Å²) in [6, 6.07) is 14.2. The van der Waals surface area contributed by atoms with Crippen molar-refractivity contribution in [2.45, 2.75) is 19.9 Å². The molecule has 4 aromatic rings. The molecule has 1 aliphatic heterocycles. The van der Waals surface area contributed by atoms with E-state index < -0.39 is 0 Å². The lowest BCUT2D eigenvalue weighted by molar-refractivity contribution is 0.217. The Morgan fingerprint density at radius 3 is 2.71 bits per heavy atom. The molecular weight excluding hydrogens is 444 g/mol. The molecule has 0 aliphatic carbocycles. The van der Waals surface area contributed by atoms with E-state index in [9.17, 15) is 0 Å². The third kappa shape index (κ3) is 5.04. The second-order valence-electron chi connectivity index (χ2n) is 8.85. The van der Waals surface area contributed by atoms with E-state index >= 15 is 0 Å². The maximum Gasteiger partial charge on any atom is 0.173 e. The quantitative estimate of drug-likeness (QED) is 0.322. The fourth-order valence-electron chi connectivity index (χ4n) is 4.38. The second-order valence-corrected chi connectivity index (χ2v) is 9.23. The van der Waals surface area contributed by atoms with Crippen LogP contribution in [0.5, 0.6) is 0 Å². The molecule has 0 radical (unpaired) electrons. The van der Waals surface area contributed by atoms with Gasteiger partial charge in [0, 0.05) is 49.4 Å². The van der Waals surface area contributed by atoms with Crippen LogP contribution < -0.4 is 10.6 Å². The largest absolute Gasteiger partial charge is 0.461 e. The van der Waals surface area contributed by atoms with Crippen molar-refractivity contribution in [2.75, 3.05) is 45.1 Å². The minimum Gasteiger partial charge on any atom is -0.461 e. The van der Waals surface area contributed by atoms with Gasteiger partial charge in [-0.1, -0.05) is 12.1 Å². The van der Waals surface area contributed by atoms with Crippen molar-refractivity contribution < 1.29 is 4.42 Å². The number of likely N-dealkylation sites (N-methyl/N-ethyl adjacent to an activating group) is 1. The van der Waals surface area contributed by atoms with Gasteiger partial charge in [-0.05, 0) is 69.5 Å². The van der Waals surface area contributed by atoms with E-state index in [0.29, 0.717) is 6.54 Å². The number of nitrogens with zero attached hydrogens (tertiary/aromatic N) is 4. The summed E-state index contributed by atoms with van der Waals surface area (Å²) >= 11 is 5.67. The summed E-state index contributed by atoms with van der Waals surface area (Å²) in [6.45, 7) is 7.50. The number of fused-ring (bicyclic) bond motifs is 2. The second kappa shape index (κ2) is 10.0. The summed E-state index contributed by atoms with van der Waals surface area (Å²) in [5.74, 6) is 0.959. The van der Waals surface area contributed by atoms with Gasteiger partial charge in [0.15, 0.2) is 5.11 Å². The predicted octanol–water partition coefficient (Wildman–Crippen LogP) is 3.96. The number of thiocarbonyl (C=S) groups is 1. The van der Waals surface area contributed by atoms with Gasteiger partial charge >= 0.3 is 0 Å². The molecule has 0 amide bonds. The molecule has 1 fully saturated rings. The zero-order chi connectivity index (χ0) is 23.5. The van der Waals surface area contributed by atoms with Gasteiger partial charge in [0.05, 0.1) is 22.9 Å². The highest BCUT2D eigenvalue weighted by molar-refractivity contribution is 7.80. The lowest BCUT2D eigenvalue weighted by Crippen LogP contribution is -2.48. The minimum absolute atomic E-state index is 0.679. The Kier molecular flexibility index (Phi) is 6.71. The number of hydrogen-bond acceptors (Lipinski definition) is 6. The van der Waals surface area contributed by atoms with Crippen LogP contribution >= 0.6 is 12.2 Å². The van der Waals surface area contributed by atoms with Crippen molar-refractivity contribution in [1.29, 1.82) is 0 Å². The monoisotopic (exact) mass is 474 g/mol. The van der Waals surface area contributed by atoms with Crippen LogP contribution in [0.4, 0.5) is 5.69 Å². The first-order valence-electron chi connectivity index (χ1n) is 11.7. The molecule has 2 aromatic carbocycles. The molecule has 2 aromatic heterocycles. The molecular formula is C26H30N6OS. The standard InChI is InChI=1S/C26H30N6OS/c1-18-21(9-10-27-16-20-17-28-23-5-3-4-6-24(23)29-20)22-15-19(7-8-25(22)33-18)30-26(34)32-13-11-31(2)12-14-32/h3-8,15,17,27H,9-14,16H2,1-2H3,(H,30,34). The highest BCUT2D eigenvalue weighted by atomic mass is 32.1. The topological polar surface area (TPSA) is 69.5 Å². The number of rotatable bonds is 6. The zero-order valence-electron chi connectivity index (χ0n) is 19.7. The summed E-state index contributed by atoms with van der Waals surface area (Å²) in [7, 11) is 2.15. The van der Waals surface area contributed by atoms with Gasteiger partial charge in [0.2, 0.25) is 0 Å². The van der Waals surface area contributed by atoms with E-state index in [1.54, 1.807) is 0 Å². The highest BCUT2D eigenvalue weighted by Crippen LogP contribution is 2.28. The van der Waals surface area contributed by atoms with Crippen molar-refractivity contribution in [1.82, 2.24) is 25.1 Å². The Bertz CT molecular complexity index is 1310. The van der Waals surface area contributed by atoms with Crippen LogP contribution in [0.25, 0.3) is 22.0 Å². The van der Waals surface area contributed by atoms with Gasteiger partial charge in [0.1, 0.15) is 11.3 Å². The molecule has 34 heavy (non-hydrogen) atoms. The fourth-order valence-corrected chi connectivity index (χ4v) is 4.68. The van der Waals surface area contributed by atoms with E-state index in [4.69, 9.17) is 16.6 Å². The van der Waals surface area contributed by atoms with E-state index in [1.807, 2.05) is 49.5 Å². The summed E-state index contributed by atoms with van der Waals surface area (Å²) in [4.78, 5) is 13.7. The maximum atomic E-state index is 6.02. The first kappa shape index (κ1) is 22.7. The normalized spacial score (nSPS) is 14.7. The van der Waals surface area contributed by atoms with Crippen LogP contribution in [0.1, 0.15) is 17.0 Å². The van der Waals surface area contributed by atoms with Gasteiger partial charge in [0.25, 0.3) is 0 Å². The molecule has 0 spiro atoms. The Morgan fingerprint density at radius 2 is 1.88 bits per heavy atom. The van der Waals surface area contributed by atoms with Crippen molar-refractivity contribution in [3.63, 3.8) is 0 Å². The fraction of sp³-hybridized carbons (Fsp3) is 0.346. The smallest absolute Gasteiger partial charge is 0.173 e. The van der Waals surface area contributed by atoms with E-state index in [0.717, 1.165) is 83.4 Å². The maximum absolute atomic E-state index is 6.02. The number of para-hydroxylation sites is 2. The summed E-state index contributed by atoms with van der Waals surface area (Å²) in [5, 5.41) is 8.84. The molecule has 176 valence electrons. The minimum atomic E-state index is 0.679. The predicted molar refractivity (Wildman–Crippen MR) is 141 cm³/mol. The number of aryl methyl sites for hydroxylation is 1. The average molecular weight is 475 g/mol. The van der Waals surface area contributed by atoms with E-state index in [2.05, 4.69) is 43.5 Å². The summed E-state index contributed by atoms with van der Waals surface area (Å²) in [6.07, 6.45) is 2.71. The van der Waals surface area contributed by atoms with Gasteiger partial charge in [-0.2, -0.15) is 0 Å². The van der Waals surface area contributed by atoms with Crippen LogP contribution in [0.15, 0.2) is 53.1 Å². The van der Waals surface area contributed by atoms with Crippen LogP contribution in [-0.4, -0.2) is 64.7 Å². The SMILES string of the molecule is Cc1oc2ccc(NC(=S)N3CCN(C)CC3)cc2c1CCNCc1cnc2ccccc2n1. The molecule has 1 aliphatic rings. The molecule has 2 N–H and O–H groups in total. The van der Waals surface area contributed by atoms with Crippen molar-refractivity contribution in [3.05, 3.63) is 65.7 Å². The number of anilines is 1. The molecule has 8 heteroatoms. The van der Waals surface area contributed by atoms with Crippen molar-refractivity contribution >= 4 is 45.0 Å². The number of piperazine rings is 1. The molecule has 0 saturated carbocycles.